The number of aryl methyl sites for hydroxylation is 1. The fourth-order valence-corrected chi connectivity index (χ4v) is 3.31. The Morgan fingerprint density at radius 2 is 2.04 bits per heavy atom. The maximum atomic E-state index is 12.6. The van der Waals surface area contributed by atoms with Crippen molar-refractivity contribution >= 4 is 28.7 Å². The number of nitrogens with one attached hydrogen (secondary N) is 1. The van der Waals surface area contributed by atoms with E-state index in [-0.39, 0.29) is 24.3 Å². The van der Waals surface area contributed by atoms with Crippen LogP contribution in [0.2, 0.25) is 0 Å². The monoisotopic (exact) mass is 368 g/mol. The molecule has 27 heavy (non-hydrogen) atoms. The third-order valence-electron chi connectivity index (χ3n) is 4.80. The number of benzene rings is 1. The highest BCUT2D eigenvalue weighted by atomic mass is 16.5. The zero-order valence-electron chi connectivity index (χ0n) is 15.0. The van der Waals surface area contributed by atoms with Gasteiger partial charge in [-0.25, -0.2) is 4.68 Å². The van der Waals surface area contributed by atoms with E-state index in [2.05, 4.69) is 20.8 Å². The molecule has 0 unspecified atom stereocenters. The minimum Gasteiger partial charge on any atom is -0.360 e. The van der Waals surface area contributed by atoms with Crippen LogP contribution < -0.4 is 5.32 Å². The predicted molar refractivity (Wildman–Crippen MR) is 96.7 cm³/mol. The Bertz CT molecular complexity index is 970. The maximum absolute atomic E-state index is 12.6. The van der Waals surface area contributed by atoms with Crippen molar-refractivity contribution in [2.75, 3.05) is 18.4 Å². The fourth-order valence-electron chi connectivity index (χ4n) is 3.31. The number of para-hydroxylation sites is 1. The number of carbonyl (C=O) groups excluding carboxylic acids is 2. The van der Waals surface area contributed by atoms with Crippen LogP contribution in [-0.4, -0.2) is 50.0 Å². The van der Waals surface area contributed by atoms with Gasteiger partial charge in [0.15, 0.2) is 5.82 Å². The molecule has 1 aliphatic rings. The number of likely N-dealkylation sites (tertiary alicyclic amines) is 1. The lowest BCUT2D eigenvalue weighted by Crippen LogP contribution is -2.42. The Hall–Kier alpha value is -3.23. The van der Waals surface area contributed by atoms with Gasteiger partial charge in [0.2, 0.25) is 11.8 Å². The number of rotatable bonds is 4. The van der Waals surface area contributed by atoms with E-state index in [9.17, 15) is 9.59 Å². The van der Waals surface area contributed by atoms with Gasteiger partial charge >= 0.3 is 0 Å². The molecule has 1 aliphatic heterocycles. The van der Waals surface area contributed by atoms with E-state index in [0.717, 1.165) is 11.0 Å². The van der Waals surface area contributed by atoms with Crippen LogP contribution in [0.25, 0.3) is 11.0 Å². The van der Waals surface area contributed by atoms with Gasteiger partial charge in [-0.2, -0.15) is 0 Å². The van der Waals surface area contributed by atoms with Crippen molar-refractivity contribution in [3.05, 3.63) is 36.1 Å². The van der Waals surface area contributed by atoms with E-state index in [0.29, 0.717) is 37.5 Å². The van der Waals surface area contributed by atoms with Crippen molar-refractivity contribution in [2.45, 2.75) is 26.3 Å². The number of hydrogen-bond donors (Lipinski definition) is 1. The molecular weight excluding hydrogens is 348 g/mol. The summed E-state index contributed by atoms with van der Waals surface area (Å²) >= 11 is 0. The van der Waals surface area contributed by atoms with Gasteiger partial charge in [-0.1, -0.05) is 22.5 Å². The lowest BCUT2D eigenvalue weighted by molar-refractivity contribution is -0.135. The lowest BCUT2D eigenvalue weighted by Gasteiger charge is -2.31. The van der Waals surface area contributed by atoms with Gasteiger partial charge in [0, 0.05) is 25.1 Å². The number of amides is 2. The second kappa shape index (κ2) is 7.18. The molecular formula is C18H20N6O3. The molecule has 1 fully saturated rings. The lowest BCUT2D eigenvalue weighted by atomic mass is 9.96. The van der Waals surface area contributed by atoms with E-state index in [1.165, 1.54) is 0 Å². The molecule has 9 nitrogen and oxygen atoms in total. The number of anilines is 1. The van der Waals surface area contributed by atoms with Gasteiger partial charge in [-0.05, 0) is 31.9 Å². The minimum absolute atomic E-state index is 0.0170. The highest BCUT2D eigenvalue weighted by Crippen LogP contribution is 2.20. The van der Waals surface area contributed by atoms with Gasteiger partial charge in [-0.3, -0.25) is 9.59 Å². The second-order valence-corrected chi connectivity index (χ2v) is 6.70. The summed E-state index contributed by atoms with van der Waals surface area (Å²) in [5.74, 6) is 0.827. The van der Waals surface area contributed by atoms with Gasteiger partial charge in [-0.15, -0.1) is 5.10 Å². The van der Waals surface area contributed by atoms with Crippen LogP contribution in [0, 0.1) is 12.8 Å². The maximum Gasteiger partial charge on any atom is 0.244 e. The molecule has 0 radical (unpaired) electrons. The summed E-state index contributed by atoms with van der Waals surface area (Å²) in [5, 5.41) is 14.7. The molecule has 2 aromatic heterocycles. The third-order valence-corrected chi connectivity index (χ3v) is 4.80. The van der Waals surface area contributed by atoms with Crippen LogP contribution in [0.1, 0.15) is 18.6 Å². The molecule has 0 spiro atoms. The fraction of sp³-hybridized carbons (Fsp3) is 0.389. The van der Waals surface area contributed by atoms with Gasteiger partial charge in [0.1, 0.15) is 17.8 Å². The highest BCUT2D eigenvalue weighted by molar-refractivity contribution is 5.91. The number of carbonyl (C=O) groups is 2. The molecule has 0 saturated carbocycles. The molecule has 1 N–H and O–H groups in total. The Morgan fingerprint density at radius 1 is 1.26 bits per heavy atom. The van der Waals surface area contributed by atoms with E-state index >= 15 is 0 Å². The SMILES string of the molecule is Cc1cc(NC(=O)C2CCN(C(=O)Cn3nnc4ccccc43)CC2)no1. The number of hydrogen-bond acceptors (Lipinski definition) is 6. The summed E-state index contributed by atoms with van der Waals surface area (Å²) in [5.41, 5.74) is 1.60. The van der Waals surface area contributed by atoms with Crippen LogP contribution in [0.4, 0.5) is 5.82 Å². The molecule has 3 aromatic rings. The number of aromatic nitrogens is 4. The first kappa shape index (κ1) is 17.2. The average Bonchev–Trinajstić information content (AvgIpc) is 3.28. The topological polar surface area (TPSA) is 106 Å². The summed E-state index contributed by atoms with van der Waals surface area (Å²) in [6, 6.07) is 9.22. The van der Waals surface area contributed by atoms with Crippen LogP contribution in [-0.2, 0) is 16.1 Å². The minimum atomic E-state index is -0.141. The summed E-state index contributed by atoms with van der Waals surface area (Å²) < 4.78 is 6.57. The van der Waals surface area contributed by atoms with Crippen molar-refractivity contribution < 1.29 is 14.1 Å². The average molecular weight is 368 g/mol. The molecule has 1 saturated heterocycles. The highest BCUT2D eigenvalue weighted by Gasteiger charge is 2.28. The number of nitrogens with zero attached hydrogens (tertiary/aromatic N) is 5. The van der Waals surface area contributed by atoms with Crippen molar-refractivity contribution in [1.29, 1.82) is 0 Å². The van der Waals surface area contributed by atoms with Crippen molar-refractivity contribution in [3.8, 4) is 0 Å². The third kappa shape index (κ3) is 3.67. The summed E-state index contributed by atoms with van der Waals surface area (Å²) in [7, 11) is 0. The Kier molecular flexibility index (Phi) is 4.57. The summed E-state index contributed by atoms with van der Waals surface area (Å²) in [4.78, 5) is 26.7. The molecule has 3 heterocycles. The van der Waals surface area contributed by atoms with Crippen molar-refractivity contribution in [3.63, 3.8) is 0 Å². The first-order chi connectivity index (χ1) is 13.1. The standard InChI is InChI=1S/C18H20N6O3/c1-12-10-16(21-27-12)19-18(26)13-6-8-23(9-7-13)17(25)11-24-15-5-3-2-4-14(15)20-22-24/h2-5,10,13H,6-9,11H2,1H3,(H,19,21,26). The summed E-state index contributed by atoms with van der Waals surface area (Å²) in [6.45, 7) is 3.00. The molecule has 9 heteroatoms. The van der Waals surface area contributed by atoms with Crippen molar-refractivity contribution in [2.24, 2.45) is 5.92 Å². The van der Waals surface area contributed by atoms with E-state index in [1.54, 1.807) is 22.6 Å². The first-order valence-corrected chi connectivity index (χ1v) is 8.90. The van der Waals surface area contributed by atoms with Gasteiger partial charge < -0.3 is 14.7 Å². The van der Waals surface area contributed by atoms with Gasteiger partial charge in [0.25, 0.3) is 0 Å². The van der Waals surface area contributed by atoms with Crippen LogP contribution in [0.5, 0.6) is 0 Å². The number of fused-ring (bicyclic) bond motifs is 1. The van der Waals surface area contributed by atoms with E-state index in [4.69, 9.17) is 4.52 Å². The van der Waals surface area contributed by atoms with Crippen molar-refractivity contribution in [1.82, 2.24) is 25.1 Å². The molecule has 0 bridgehead atoms. The molecule has 140 valence electrons. The van der Waals surface area contributed by atoms with Crippen LogP contribution in [0.3, 0.4) is 0 Å². The number of piperidine rings is 1. The first-order valence-electron chi connectivity index (χ1n) is 8.90. The molecule has 0 atom stereocenters. The Balaban J connectivity index is 1.32. The summed E-state index contributed by atoms with van der Waals surface area (Å²) in [6.07, 6.45) is 1.24. The van der Waals surface area contributed by atoms with Gasteiger partial charge in [0.05, 0.1) is 5.52 Å². The van der Waals surface area contributed by atoms with E-state index < -0.39 is 0 Å². The Morgan fingerprint density at radius 3 is 2.78 bits per heavy atom. The molecule has 0 aliphatic carbocycles. The molecule has 4 rings (SSSR count). The Labute approximate surface area is 155 Å². The van der Waals surface area contributed by atoms with Crippen LogP contribution >= 0.6 is 0 Å². The smallest absolute Gasteiger partial charge is 0.244 e. The normalized spacial score (nSPS) is 15.2. The quantitative estimate of drug-likeness (QED) is 0.750. The largest absolute Gasteiger partial charge is 0.360 e. The second-order valence-electron chi connectivity index (χ2n) is 6.70. The molecule has 2 amide bonds. The van der Waals surface area contributed by atoms with E-state index in [1.807, 2.05) is 24.3 Å². The molecule has 1 aromatic carbocycles. The zero-order valence-corrected chi connectivity index (χ0v) is 15.0. The van der Waals surface area contributed by atoms with Crippen LogP contribution in [0.15, 0.2) is 34.9 Å². The predicted octanol–water partition coefficient (Wildman–Crippen LogP) is 1.61. The zero-order chi connectivity index (χ0) is 18.8.